The van der Waals surface area contributed by atoms with Crippen LogP contribution in [-0.2, 0) is 0 Å². The van der Waals surface area contributed by atoms with Crippen LogP contribution in [0.3, 0.4) is 0 Å². The van der Waals surface area contributed by atoms with E-state index >= 15 is 0 Å². The lowest BCUT2D eigenvalue weighted by atomic mass is 10.4. The molecule has 0 amide bonds. The number of aromatic nitrogens is 3. The molecule has 0 aliphatic heterocycles. The van der Waals surface area contributed by atoms with Gasteiger partial charge in [0.05, 0.1) is 6.20 Å². The van der Waals surface area contributed by atoms with Crippen molar-refractivity contribution in [1.82, 2.24) is 14.4 Å². The number of imidazole rings is 1. The van der Waals surface area contributed by atoms with Gasteiger partial charge >= 0.3 is 0 Å². The maximum Gasteiger partial charge on any atom is 0.156 e. The summed E-state index contributed by atoms with van der Waals surface area (Å²) in [7, 11) is 0. The van der Waals surface area contributed by atoms with Gasteiger partial charge in [-0.15, -0.1) is 0 Å². The van der Waals surface area contributed by atoms with Crippen molar-refractivity contribution in [1.29, 1.82) is 0 Å². The van der Waals surface area contributed by atoms with Gasteiger partial charge in [0.1, 0.15) is 5.82 Å². The van der Waals surface area contributed by atoms with Crippen molar-refractivity contribution in [2.75, 3.05) is 0 Å². The zero-order valence-electron chi connectivity index (χ0n) is 8.57. The van der Waals surface area contributed by atoms with E-state index in [2.05, 4.69) is 9.97 Å². The van der Waals surface area contributed by atoms with Crippen LogP contribution in [0.2, 0.25) is 0 Å². The van der Waals surface area contributed by atoms with Crippen LogP contribution in [0.25, 0.3) is 5.65 Å². The van der Waals surface area contributed by atoms with Gasteiger partial charge < -0.3 is 0 Å². The number of aryl methyl sites for hydroxylation is 2. The quantitative estimate of drug-likeness (QED) is 0.618. The van der Waals surface area contributed by atoms with Crippen molar-refractivity contribution < 1.29 is 0 Å². The van der Waals surface area contributed by atoms with Gasteiger partial charge in [0, 0.05) is 12.4 Å². The number of fused-ring (bicyclic) bond motifs is 1. The molecule has 0 atom stereocenters. The maximum absolute atomic E-state index is 4.20. The number of rotatable bonds is 0. The Morgan fingerprint density at radius 2 is 1.77 bits per heavy atom. The summed E-state index contributed by atoms with van der Waals surface area (Å²) >= 11 is 0. The Morgan fingerprint density at radius 1 is 1.08 bits per heavy atom. The van der Waals surface area contributed by atoms with Crippen molar-refractivity contribution in [3.8, 4) is 0 Å². The van der Waals surface area contributed by atoms with E-state index in [1.807, 2.05) is 44.5 Å². The molecule has 0 radical (unpaired) electrons. The fraction of sp³-hybridized carbons (Fsp3) is 0.400. The first-order valence-corrected chi connectivity index (χ1v) is 4.54. The average molecular weight is 177 g/mol. The average Bonchev–Trinajstić information content (AvgIpc) is 2.52. The normalized spacial score (nSPS) is 9.54. The highest BCUT2D eigenvalue weighted by Gasteiger charge is 1.97. The molecule has 0 saturated carbocycles. The zero-order valence-corrected chi connectivity index (χ0v) is 8.57. The van der Waals surface area contributed by atoms with E-state index in [9.17, 15) is 0 Å². The molecule has 0 fully saturated rings. The lowest BCUT2D eigenvalue weighted by Gasteiger charge is -1.95. The van der Waals surface area contributed by atoms with Crippen molar-refractivity contribution in [2.45, 2.75) is 27.7 Å². The minimum Gasteiger partial charge on any atom is -0.288 e. The highest BCUT2D eigenvalue weighted by molar-refractivity contribution is 5.36. The van der Waals surface area contributed by atoms with Crippen molar-refractivity contribution in [3.05, 3.63) is 30.0 Å². The topological polar surface area (TPSA) is 30.2 Å². The van der Waals surface area contributed by atoms with Gasteiger partial charge in [-0.2, -0.15) is 0 Å². The number of nitrogens with zero attached hydrogens (tertiary/aromatic N) is 3. The Labute approximate surface area is 78.5 Å². The molecule has 0 aromatic carbocycles. The minimum atomic E-state index is 0.910. The van der Waals surface area contributed by atoms with Crippen LogP contribution in [0.15, 0.2) is 18.6 Å². The standard InChI is InChI=1S/C8H9N3.C2H6/c1-6-3-10-8-4-9-7(2)11(8)5-6;1-2/h3-5H,1-2H3;1-2H3. The van der Waals surface area contributed by atoms with E-state index in [1.54, 1.807) is 6.20 Å². The third kappa shape index (κ3) is 1.86. The molecule has 0 spiro atoms. The zero-order chi connectivity index (χ0) is 9.84. The van der Waals surface area contributed by atoms with E-state index in [4.69, 9.17) is 0 Å². The molecule has 2 aromatic heterocycles. The molecule has 2 heterocycles. The van der Waals surface area contributed by atoms with Gasteiger partial charge in [-0.05, 0) is 19.4 Å². The van der Waals surface area contributed by atoms with Crippen LogP contribution in [0.5, 0.6) is 0 Å². The van der Waals surface area contributed by atoms with Crippen LogP contribution in [-0.4, -0.2) is 14.4 Å². The fourth-order valence-corrected chi connectivity index (χ4v) is 1.10. The first-order valence-electron chi connectivity index (χ1n) is 4.54. The molecule has 2 rings (SSSR count). The molecule has 3 heteroatoms. The summed E-state index contributed by atoms with van der Waals surface area (Å²) in [4.78, 5) is 8.34. The van der Waals surface area contributed by atoms with E-state index in [0.29, 0.717) is 0 Å². The second-order valence-electron chi connectivity index (χ2n) is 2.66. The molecular weight excluding hydrogens is 162 g/mol. The summed E-state index contributed by atoms with van der Waals surface area (Å²) in [5.41, 5.74) is 2.06. The highest BCUT2D eigenvalue weighted by atomic mass is 15.1. The third-order valence-electron chi connectivity index (χ3n) is 1.70. The van der Waals surface area contributed by atoms with Gasteiger partial charge in [0.25, 0.3) is 0 Å². The molecular formula is C10H15N3. The fourth-order valence-electron chi connectivity index (χ4n) is 1.10. The summed E-state index contributed by atoms with van der Waals surface area (Å²) in [5.74, 6) is 0.983. The number of hydrogen-bond donors (Lipinski definition) is 0. The summed E-state index contributed by atoms with van der Waals surface area (Å²) < 4.78 is 1.98. The molecule has 2 aromatic rings. The second kappa shape index (κ2) is 4.03. The van der Waals surface area contributed by atoms with Crippen molar-refractivity contribution in [2.24, 2.45) is 0 Å². The van der Waals surface area contributed by atoms with E-state index in [1.165, 1.54) is 0 Å². The first-order chi connectivity index (χ1) is 6.27. The van der Waals surface area contributed by atoms with Crippen LogP contribution in [0, 0.1) is 13.8 Å². The number of hydrogen-bond acceptors (Lipinski definition) is 2. The predicted molar refractivity (Wildman–Crippen MR) is 53.8 cm³/mol. The minimum absolute atomic E-state index is 0.910. The molecule has 0 aliphatic rings. The van der Waals surface area contributed by atoms with Crippen molar-refractivity contribution in [3.63, 3.8) is 0 Å². The first kappa shape index (κ1) is 9.71. The van der Waals surface area contributed by atoms with Crippen molar-refractivity contribution >= 4 is 5.65 Å². The Balaban J connectivity index is 0.000000396. The Hall–Kier alpha value is -1.38. The third-order valence-corrected chi connectivity index (χ3v) is 1.70. The van der Waals surface area contributed by atoms with Gasteiger partial charge in [-0.25, -0.2) is 9.97 Å². The van der Waals surface area contributed by atoms with Crippen LogP contribution < -0.4 is 0 Å². The lowest BCUT2D eigenvalue weighted by Crippen LogP contribution is -1.90. The molecule has 0 bridgehead atoms. The van der Waals surface area contributed by atoms with E-state index < -0.39 is 0 Å². The Bertz CT molecular complexity index is 390. The Morgan fingerprint density at radius 3 is 2.46 bits per heavy atom. The lowest BCUT2D eigenvalue weighted by molar-refractivity contribution is 1.01. The highest BCUT2D eigenvalue weighted by Crippen LogP contribution is 2.03. The van der Waals surface area contributed by atoms with Gasteiger partial charge in [0.15, 0.2) is 5.65 Å². The predicted octanol–water partition coefficient (Wildman–Crippen LogP) is 2.37. The summed E-state index contributed by atoms with van der Waals surface area (Å²) in [6.07, 6.45) is 5.65. The summed E-state index contributed by atoms with van der Waals surface area (Å²) in [5, 5.41) is 0. The SMILES string of the molecule is CC.Cc1cnc2cnc(C)n2c1. The maximum atomic E-state index is 4.20. The second-order valence-corrected chi connectivity index (χ2v) is 2.66. The molecule has 13 heavy (non-hydrogen) atoms. The Kier molecular flexibility index (Phi) is 3.01. The molecule has 70 valence electrons. The van der Waals surface area contributed by atoms with E-state index in [0.717, 1.165) is 17.0 Å². The smallest absolute Gasteiger partial charge is 0.156 e. The summed E-state index contributed by atoms with van der Waals surface area (Å²) in [6.45, 7) is 7.99. The summed E-state index contributed by atoms with van der Waals surface area (Å²) in [6, 6.07) is 0. The van der Waals surface area contributed by atoms with Crippen LogP contribution >= 0.6 is 0 Å². The molecule has 3 nitrogen and oxygen atoms in total. The van der Waals surface area contributed by atoms with Gasteiger partial charge in [-0.3, -0.25) is 4.40 Å². The van der Waals surface area contributed by atoms with Gasteiger partial charge in [-0.1, -0.05) is 13.8 Å². The monoisotopic (exact) mass is 177 g/mol. The molecule has 0 unspecified atom stereocenters. The van der Waals surface area contributed by atoms with Crippen LogP contribution in [0.4, 0.5) is 0 Å². The van der Waals surface area contributed by atoms with E-state index in [-0.39, 0.29) is 0 Å². The molecule has 0 aliphatic carbocycles. The van der Waals surface area contributed by atoms with Crippen LogP contribution in [0.1, 0.15) is 25.2 Å². The molecule has 0 N–H and O–H groups in total. The van der Waals surface area contributed by atoms with Gasteiger partial charge in [0.2, 0.25) is 0 Å². The largest absolute Gasteiger partial charge is 0.288 e. The molecule has 0 saturated heterocycles.